The third-order valence-electron chi connectivity index (χ3n) is 2.69. The highest BCUT2D eigenvalue weighted by atomic mass is 35.5. The fraction of sp³-hybridized carbons (Fsp3) is 0.333. The summed E-state index contributed by atoms with van der Waals surface area (Å²) in [6.45, 7) is 0.0416. The molecule has 0 saturated heterocycles. The molecule has 0 bridgehead atoms. The number of alkyl halides is 1. The van der Waals surface area contributed by atoms with Crippen LogP contribution in [0.25, 0.3) is 5.52 Å². The average Bonchev–Trinajstić information content (AvgIpc) is 2.85. The first-order chi connectivity index (χ1) is 10.00. The van der Waals surface area contributed by atoms with E-state index in [9.17, 15) is 13.2 Å². The van der Waals surface area contributed by atoms with Gasteiger partial charge in [-0.1, -0.05) is 0 Å². The van der Waals surface area contributed by atoms with Crippen LogP contribution in [0.3, 0.4) is 0 Å². The molecule has 21 heavy (non-hydrogen) atoms. The number of hydrogen-bond donors (Lipinski definition) is 2. The molecule has 2 N–H and O–H groups in total. The van der Waals surface area contributed by atoms with Gasteiger partial charge in [0.1, 0.15) is 0 Å². The van der Waals surface area contributed by atoms with Crippen LogP contribution in [-0.2, 0) is 14.8 Å². The number of rotatable bonds is 7. The van der Waals surface area contributed by atoms with Gasteiger partial charge >= 0.3 is 0 Å². The molecule has 114 valence electrons. The van der Waals surface area contributed by atoms with E-state index in [1.54, 1.807) is 35.1 Å². The first kappa shape index (κ1) is 15.6. The van der Waals surface area contributed by atoms with Crippen molar-refractivity contribution in [3.63, 3.8) is 0 Å². The first-order valence-electron chi connectivity index (χ1n) is 6.27. The zero-order chi connectivity index (χ0) is 15.3. The molecule has 2 aromatic heterocycles. The van der Waals surface area contributed by atoms with Gasteiger partial charge in [-0.3, -0.25) is 9.52 Å². The molecule has 0 aromatic carbocycles. The second-order valence-corrected chi connectivity index (χ2v) is 6.55. The number of anilines is 1. The smallest absolute Gasteiger partial charge is 0.234 e. The van der Waals surface area contributed by atoms with Crippen LogP contribution in [0, 0.1) is 0 Å². The number of carbonyl (C=O) groups excluding carboxylic acids is 1. The van der Waals surface area contributed by atoms with Crippen molar-refractivity contribution in [2.75, 3.05) is 22.9 Å². The summed E-state index contributed by atoms with van der Waals surface area (Å²) in [7, 11) is -3.52. The van der Waals surface area contributed by atoms with Gasteiger partial charge in [0.2, 0.25) is 15.9 Å². The summed E-state index contributed by atoms with van der Waals surface area (Å²) < 4.78 is 27.9. The SMILES string of the molecule is O=C(CCCl)NCCS(=O)(=O)Nc1ccn2nccc2c1. The largest absolute Gasteiger partial charge is 0.355 e. The van der Waals surface area contributed by atoms with E-state index >= 15 is 0 Å². The van der Waals surface area contributed by atoms with Gasteiger partial charge in [-0.15, -0.1) is 11.6 Å². The molecule has 0 aliphatic rings. The lowest BCUT2D eigenvalue weighted by molar-refractivity contribution is -0.120. The Morgan fingerprint density at radius 1 is 1.38 bits per heavy atom. The Morgan fingerprint density at radius 3 is 2.95 bits per heavy atom. The number of sulfonamides is 1. The normalized spacial score (nSPS) is 11.5. The fourth-order valence-corrected chi connectivity index (χ4v) is 2.85. The molecule has 0 aliphatic carbocycles. The molecule has 2 rings (SSSR count). The lowest BCUT2D eigenvalue weighted by atomic mass is 10.4. The van der Waals surface area contributed by atoms with Crippen molar-refractivity contribution in [3.05, 3.63) is 30.6 Å². The standard InChI is InChI=1S/C12H15ClN4O3S/c13-4-1-12(18)14-6-8-21(19,20)16-10-3-7-17-11(9-10)2-5-15-17/h2-3,5,7,9,16H,1,4,6,8H2,(H,14,18). The van der Waals surface area contributed by atoms with Crippen molar-refractivity contribution >= 4 is 38.7 Å². The molecule has 0 atom stereocenters. The number of hydrogen-bond acceptors (Lipinski definition) is 4. The Labute approximate surface area is 127 Å². The molecule has 9 heteroatoms. The van der Waals surface area contributed by atoms with E-state index in [1.807, 2.05) is 0 Å². The van der Waals surface area contributed by atoms with Crippen molar-refractivity contribution in [3.8, 4) is 0 Å². The third kappa shape index (κ3) is 4.61. The number of aromatic nitrogens is 2. The molecule has 2 heterocycles. The quantitative estimate of drug-likeness (QED) is 0.735. The number of pyridine rings is 1. The van der Waals surface area contributed by atoms with Crippen LogP contribution in [-0.4, -0.2) is 42.1 Å². The summed E-state index contributed by atoms with van der Waals surface area (Å²) in [5.41, 5.74) is 1.24. The fourth-order valence-electron chi connectivity index (χ4n) is 1.71. The molecule has 0 spiro atoms. The molecule has 0 aliphatic heterocycles. The predicted octanol–water partition coefficient (Wildman–Crippen LogP) is 0.821. The van der Waals surface area contributed by atoms with E-state index in [-0.39, 0.29) is 30.5 Å². The van der Waals surface area contributed by atoms with Gasteiger partial charge in [0.15, 0.2) is 0 Å². The number of nitrogens with one attached hydrogen (secondary N) is 2. The maximum Gasteiger partial charge on any atom is 0.234 e. The number of carbonyl (C=O) groups is 1. The number of halogens is 1. The zero-order valence-electron chi connectivity index (χ0n) is 11.1. The topological polar surface area (TPSA) is 92.6 Å². The number of amides is 1. The minimum atomic E-state index is -3.52. The number of fused-ring (bicyclic) bond motifs is 1. The first-order valence-corrected chi connectivity index (χ1v) is 8.45. The highest BCUT2D eigenvalue weighted by Gasteiger charge is 2.11. The molecule has 0 fully saturated rings. The van der Waals surface area contributed by atoms with Crippen molar-refractivity contribution in [2.24, 2.45) is 0 Å². The summed E-state index contributed by atoms with van der Waals surface area (Å²) in [5, 5.41) is 6.52. The molecule has 2 aromatic rings. The molecule has 0 radical (unpaired) electrons. The predicted molar refractivity (Wildman–Crippen MR) is 80.9 cm³/mol. The lowest BCUT2D eigenvalue weighted by Gasteiger charge is -2.09. The molecular formula is C12H15ClN4O3S. The van der Waals surface area contributed by atoms with Crippen molar-refractivity contribution in [2.45, 2.75) is 6.42 Å². The van der Waals surface area contributed by atoms with Gasteiger partial charge in [-0.25, -0.2) is 12.9 Å². The van der Waals surface area contributed by atoms with Gasteiger partial charge in [0, 0.05) is 31.2 Å². The number of nitrogens with zero attached hydrogens (tertiary/aromatic N) is 2. The molecule has 0 unspecified atom stereocenters. The lowest BCUT2D eigenvalue weighted by Crippen LogP contribution is -2.31. The van der Waals surface area contributed by atoms with Crippen LogP contribution in [0.15, 0.2) is 30.6 Å². The molecule has 0 saturated carbocycles. The Bertz CT molecular complexity index is 729. The maximum absolute atomic E-state index is 11.9. The summed E-state index contributed by atoms with van der Waals surface area (Å²) >= 11 is 5.41. The van der Waals surface area contributed by atoms with Gasteiger partial charge in [0.25, 0.3) is 0 Å². The Morgan fingerprint density at radius 2 is 2.19 bits per heavy atom. The summed E-state index contributed by atoms with van der Waals surface area (Å²) in [6.07, 6.45) is 3.46. The molecule has 1 amide bonds. The Balaban J connectivity index is 1.92. The molecule has 7 nitrogen and oxygen atoms in total. The van der Waals surface area contributed by atoms with Crippen molar-refractivity contribution < 1.29 is 13.2 Å². The van der Waals surface area contributed by atoms with Gasteiger partial charge in [-0.2, -0.15) is 5.10 Å². The highest BCUT2D eigenvalue weighted by molar-refractivity contribution is 7.92. The van der Waals surface area contributed by atoms with E-state index in [1.165, 1.54) is 0 Å². The third-order valence-corrected chi connectivity index (χ3v) is 4.16. The van der Waals surface area contributed by atoms with Crippen molar-refractivity contribution in [1.29, 1.82) is 0 Å². The van der Waals surface area contributed by atoms with Gasteiger partial charge < -0.3 is 5.32 Å². The van der Waals surface area contributed by atoms with Crippen LogP contribution in [0.5, 0.6) is 0 Å². The highest BCUT2D eigenvalue weighted by Crippen LogP contribution is 2.12. The molecular weight excluding hydrogens is 316 g/mol. The minimum Gasteiger partial charge on any atom is -0.355 e. The Hall–Kier alpha value is -1.80. The van der Waals surface area contributed by atoms with Crippen LogP contribution in [0.4, 0.5) is 5.69 Å². The van der Waals surface area contributed by atoms with Gasteiger partial charge in [-0.05, 0) is 18.2 Å². The van der Waals surface area contributed by atoms with Crippen molar-refractivity contribution in [1.82, 2.24) is 14.9 Å². The van der Waals surface area contributed by atoms with Crippen LogP contribution in [0.2, 0.25) is 0 Å². The minimum absolute atomic E-state index is 0.0416. The van der Waals surface area contributed by atoms with Crippen LogP contribution < -0.4 is 10.0 Å². The second-order valence-electron chi connectivity index (χ2n) is 4.33. The van der Waals surface area contributed by atoms with Crippen LogP contribution in [0.1, 0.15) is 6.42 Å². The maximum atomic E-state index is 11.9. The van der Waals surface area contributed by atoms with E-state index in [2.05, 4.69) is 15.1 Å². The summed E-state index contributed by atoms with van der Waals surface area (Å²) in [5.74, 6) is -0.255. The van der Waals surface area contributed by atoms with E-state index < -0.39 is 10.0 Å². The zero-order valence-corrected chi connectivity index (χ0v) is 12.7. The monoisotopic (exact) mass is 330 g/mol. The van der Waals surface area contributed by atoms with Crippen LogP contribution >= 0.6 is 11.6 Å². The summed E-state index contributed by atoms with van der Waals surface area (Å²) in [6, 6.07) is 5.06. The average molecular weight is 331 g/mol. The van der Waals surface area contributed by atoms with E-state index in [4.69, 9.17) is 11.6 Å². The van der Waals surface area contributed by atoms with Gasteiger partial charge in [0.05, 0.1) is 17.0 Å². The van der Waals surface area contributed by atoms with E-state index in [0.29, 0.717) is 5.69 Å². The summed E-state index contributed by atoms with van der Waals surface area (Å²) in [4.78, 5) is 11.2. The second kappa shape index (κ2) is 6.77. The van der Waals surface area contributed by atoms with E-state index in [0.717, 1.165) is 5.52 Å². The Kier molecular flexibility index (Phi) is 5.03.